The van der Waals surface area contributed by atoms with Gasteiger partial charge in [0.2, 0.25) is 0 Å². The summed E-state index contributed by atoms with van der Waals surface area (Å²) in [7, 11) is 0. The highest BCUT2D eigenvalue weighted by Gasteiger charge is 2.15. The first-order valence-corrected chi connectivity index (χ1v) is 5.41. The van der Waals surface area contributed by atoms with Crippen molar-refractivity contribution in [3.05, 3.63) is 30.2 Å². The molecule has 2 heterocycles. The van der Waals surface area contributed by atoms with Gasteiger partial charge in [-0.1, -0.05) is 6.92 Å². The van der Waals surface area contributed by atoms with E-state index in [-0.39, 0.29) is 5.69 Å². The van der Waals surface area contributed by atoms with Crippen LogP contribution in [0, 0.1) is 0 Å². The summed E-state index contributed by atoms with van der Waals surface area (Å²) in [5.74, 6) is 0.336. The van der Waals surface area contributed by atoms with Crippen LogP contribution in [0.5, 0.6) is 0 Å². The molecule has 0 bridgehead atoms. The van der Waals surface area contributed by atoms with Gasteiger partial charge < -0.3 is 9.15 Å². The molecular formula is C11H13N3O3. The first-order valence-electron chi connectivity index (χ1n) is 5.41. The molecule has 2 rings (SSSR count). The number of aryl methyl sites for hydroxylation is 1. The molecule has 0 unspecified atom stereocenters. The van der Waals surface area contributed by atoms with Gasteiger partial charge in [-0.2, -0.15) is 4.98 Å². The third kappa shape index (κ3) is 2.20. The number of carbonyl (C=O) groups is 1. The lowest BCUT2D eigenvalue weighted by Crippen LogP contribution is -2.06. The molecule has 0 N–H and O–H groups in total. The molecule has 2 aromatic heterocycles. The Kier molecular flexibility index (Phi) is 3.22. The van der Waals surface area contributed by atoms with E-state index in [0.29, 0.717) is 12.6 Å². The summed E-state index contributed by atoms with van der Waals surface area (Å²) in [6.07, 6.45) is 5.43. The normalized spacial score (nSPS) is 10.5. The van der Waals surface area contributed by atoms with Crippen molar-refractivity contribution < 1.29 is 13.9 Å². The van der Waals surface area contributed by atoms with E-state index >= 15 is 0 Å². The van der Waals surface area contributed by atoms with Crippen LogP contribution in [0.15, 0.2) is 23.1 Å². The van der Waals surface area contributed by atoms with Gasteiger partial charge in [0.25, 0.3) is 0 Å². The van der Waals surface area contributed by atoms with Crippen molar-refractivity contribution in [3.8, 4) is 6.01 Å². The molecule has 0 atom stereocenters. The van der Waals surface area contributed by atoms with E-state index in [4.69, 9.17) is 9.15 Å². The van der Waals surface area contributed by atoms with Crippen molar-refractivity contribution in [1.29, 1.82) is 0 Å². The Hall–Kier alpha value is -2.11. The molecule has 0 amide bonds. The van der Waals surface area contributed by atoms with Crippen LogP contribution in [0.4, 0.5) is 0 Å². The number of oxazole rings is 1. The summed E-state index contributed by atoms with van der Waals surface area (Å²) in [4.78, 5) is 19.6. The molecule has 0 aliphatic heterocycles. The van der Waals surface area contributed by atoms with Crippen molar-refractivity contribution in [2.75, 3.05) is 6.61 Å². The lowest BCUT2D eigenvalue weighted by atomic mass is 10.4. The summed E-state index contributed by atoms with van der Waals surface area (Å²) in [6.45, 7) is 4.03. The molecule has 0 fully saturated rings. The van der Waals surface area contributed by atoms with Gasteiger partial charge in [-0.15, -0.1) is 0 Å². The molecule has 0 saturated heterocycles. The lowest BCUT2D eigenvalue weighted by Gasteiger charge is -1.99. The Morgan fingerprint density at radius 1 is 1.53 bits per heavy atom. The molecule has 17 heavy (non-hydrogen) atoms. The number of carbonyl (C=O) groups excluding carboxylic acids is 1. The molecule has 2 aromatic rings. The molecule has 90 valence electrons. The van der Waals surface area contributed by atoms with Crippen molar-refractivity contribution >= 4 is 5.97 Å². The molecule has 0 aliphatic carbocycles. The predicted octanol–water partition coefficient (Wildman–Crippen LogP) is 1.60. The Morgan fingerprint density at radius 2 is 2.35 bits per heavy atom. The molecule has 0 spiro atoms. The highest BCUT2D eigenvalue weighted by atomic mass is 16.5. The highest BCUT2D eigenvalue weighted by Crippen LogP contribution is 2.11. The standard InChI is InChI=1S/C11H13N3O3/c1-3-9-12-5-6-14(9)11-13-8(7-17-11)10(15)16-4-2/h5-7H,3-4H2,1-2H3. The Balaban J connectivity index is 2.27. The Labute approximate surface area is 98.2 Å². The van der Waals surface area contributed by atoms with Crippen molar-refractivity contribution in [1.82, 2.24) is 14.5 Å². The molecule has 0 aliphatic rings. The van der Waals surface area contributed by atoms with E-state index in [1.54, 1.807) is 23.9 Å². The van der Waals surface area contributed by atoms with Crippen LogP contribution in [0.25, 0.3) is 6.01 Å². The number of imidazole rings is 1. The maximum atomic E-state index is 11.4. The van der Waals surface area contributed by atoms with E-state index in [1.165, 1.54) is 6.26 Å². The smallest absolute Gasteiger partial charge is 0.360 e. The fraction of sp³-hybridized carbons (Fsp3) is 0.364. The van der Waals surface area contributed by atoms with Crippen LogP contribution in [0.1, 0.15) is 30.2 Å². The van der Waals surface area contributed by atoms with Crippen molar-refractivity contribution in [3.63, 3.8) is 0 Å². The van der Waals surface area contributed by atoms with E-state index in [0.717, 1.165) is 12.2 Å². The summed E-state index contributed by atoms with van der Waals surface area (Å²) < 4.78 is 11.8. The molecular weight excluding hydrogens is 222 g/mol. The quantitative estimate of drug-likeness (QED) is 0.753. The molecule has 0 radical (unpaired) electrons. The topological polar surface area (TPSA) is 70.2 Å². The molecule has 0 aromatic carbocycles. The van der Waals surface area contributed by atoms with Crippen LogP contribution in [-0.2, 0) is 11.2 Å². The predicted molar refractivity (Wildman–Crippen MR) is 59.0 cm³/mol. The summed E-state index contributed by atoms with van der Waals surface area (Å²) in [5.41, 5.74) is 0.164. The summed E-state index contributed by atoms with van der Waals surface area (Å²) in [6, 6.07) is 0.322. The first-order chi connectivity index (χ1) is 8.26. The summed E-state index contributed by atoms with van der Waals surface area (Å²) in [5, 5.41) is 0. The fourth-order valence-corrected chi connectivity index (χ4v) is 1.44. The van der Waals surface area contributed by atoms with Crippen LogP contribution in [-0.4, -0.2) is 27.1 Å². The average Bonchev–Trinajstić information content (AvgIpc) is 2.97. The second-order valence-electron chi connectivity index (χ2n) is 3.30. The summed E-state index contributed by atoms with van der Waals surface area (Å²) >= 11 is 0. The number of aromatic nitrogens is 3. The van der Waals surface area contributed by atoms with E-state index < -0.39 is 5.97 Å². The van der Waals surface area contributed by atoms with Gasteiger partial charge in [-0.05, 0) is 6.92 Å². The van der Waals surface area contributed by atoms with Gasteiger partial charge in [0.1, 0.15) is 12.1 Å². The first kappa shape index (κ1) is 11.4. The minimum absolute atomic E-state index is 0.164. The van der Waals surface area contributed by atoms with Gasteiger partial charge in [0.15, 0.2) is 5.69 Å². The fourth-order valence-electron chi connectivity index (χ4n) is 1.44. The van der Waals surface area contributed by atoms with Gasteiger partial charge in [-0.3, -0.25) is 4.57 Å². The third-order valence-corrected chi connectivity index (χ3v) is 2.22. The number of rotatable bonds is 4. The van der Waals surface area contributed by atoms with E-state index in [1.807, 2.05) is 6.92 Å². The largest absolute Gasteiger partial charge is 0.461 e. The zero-order valence-electron chi connectivity index (χ0n) is 9.71. The Bertz CT molecular complexity index is 516. The van der Waals surface area contributed by atoms with Gasteiger partial charge in [0, 0.05) is 18.8 Å². The number of nitrogens with zero attached hydrogens (tertiary/aromatic N) is 3. The molecule has 6 heteroatoms. The van der Waals surface area contributed by atoms with Crippen LogP contribution < -0.4 is 0 Å². The van der Waals surface area contributed by atoms with Crippen LogP contribution in [0.3, 0.4) is 0 Å². The van der Waals surface area contributed by atoms with Gasteiger partial charge >= 0.3 is 12.0 Å². The highest BCUT2D eigenvalue weighted by molar-refractivity contribution is 5.86. The van der Waals surface area contributed by atoms with Crippen molar-refractivity contribution in [2.45, 2.75) is 20.3 Å². The minimum atomic E-state index is -0.485. The number of hydrogen-bond donors (Lipinski definition) is 0. The minimum Gasteiger partial charge on any atom is -0.461 e. The number of hydrogen-bond acceptors (Lipinski definition) is 5. The third-order valence-electron chi connectivity index (χ3n) is 2.22. The SMILES string of the molecule is CCOC(=O)c1coc(-n2ccnc2CC)n1. The van der Waals surface area contributed by atoms with Crippen LogP contribution in [0.2, 0.25) is 0 Å². The van der Waals surface area contributed by atoms with Gasteiger partial charge in [0.05, 0.1) is 6.61 Å². The Morgan fingerprint density at radius 3 is 3.06 bits per heavy atom. The monoisotopic (exact) mass is 235 g/mol. The maximum absolute atomic E-state index is 11.4. The second kappa shape index (κ2) is 4.82. The number of esters is 1. The molecule has 0 saturated carbocycles. The zero-order chi connectivity index (χ0) is 12.3. The average molecular weight is 235 g/mol. The van der Waals surface area contributed by atoms with Crippen LogP contribution >= 0.6 is 0 Å². The maximum Gasteiger partial charge on any atom is 0.360 e. The molecule has 6 nitrogen and oxygen atoms in total. The lowest BCUT2D eigenvalue weighted by molar-refractivity contribution is 0.0519. The van der Waals surface area contributed by atoms with Gasteiger partial charge in [-0.25, -0.2) is 9.78 Å². The second-order valence-corrected chi connectivity index (χ2v) is 3.30. The van der Waals surface area contributed by atoms with Crippen molar-refractivity contribution in [2.24, 2.45) is 0 Å². The van der Waals surface area contributed by atoms with E-state index in [9.17, 15) is 4.79 Å². The zero-order valence-corrected chi connectivity index (χ0v) is 9.71. The number of ether oxygens (including phenoxy) is 1. The van der Waals surface area contributed by atoms with E-state index in [2.05, 4.69) is 9.97 Å².